The number of rotatable bonds is 7. The molecular weight excluding hydrogens is 324 g/mol. The smallest absolute Gasteiger partial charge is 0.157 e. The first-order chi connectivity index (χ1) is 11.3. The van der Waals surface area contributed by atoms with Gasteiger partial charge in [-0.25, -0.2) is 8.42 Å². The zero-order valence-electron chi connectivity index (χ0n) is 14.3. The topological polar surface area (TPSA) is 63.6 Å². The molecule has 0 saturated carbocycles. The van der Waals surface area contributed by atoms with Crippen LogP contribution in [0.2, 0.25) is 0 Å². The van der Waals surface area contributed by atoms with Crippen LogP contribution < -0.4 is 4.74 Å². The second-order valence-electron chi connectivity index (χ2n) is 6.21. The van der Waals surface area contributed by atoms with Crippen molar-refractivity contribution in [3.05, 3.63) is 64.7 Å². The fraction of sp³-hybridized carbons (Fsp3) is 0.368. The molecule has 0 fully saturated rings. The number of aryl methyl sites for hydroxylation is 3. The molecule has 0 aliphatic carbocycles. The lowest BCUT2D eigenvalue weighted by Gasteiger charge is -2.15. The Kier molecular flexibility index (Phi) is 6.02. The second-order valence-corrected chi connectivity index (χ2v) is 8.32. The van der Waals surface area contributed by atoms with Crippen LogP contribution in [0, 0.1) is 20.8 Å². The van der Waals surface area contributed by atoms with E-state index in [4.69, 9.17) is 4.74 Å². The summed E-state index contributed by atoms with van der Waals surface area (Å²) in [6.07, 6.45) is -1.05. The summed E-state index contributed by atoms with van der Waals surface area (Å²) in [5.41, 5.74) is 3.86. The molecule has 1 unspecified atom stereocenters. The highest BCUT2D eigenvalue weighted by molar-refractivity contribution is 7.90. The van der Waals surface area contributed by atoms with Crippen molar-refractivity contribution in [2.75, 3.05) is 12.4 Å². The van der Waals surface area contributed by atoms with Gasteiger partial charge in [0.1, 0.15) is 18.5 Å². The van der Waals surface area contributed by atoms with Gasteiger partial charge in [-0.1, -0.05) is 35.9 Å². The normalized spacial score (nSPS) is 12.8. The molecule has 2 aromatic carbocycles. The van der Waals surface area contributed by atoms with Gasteiger partial charge in [0, 0.05) is 0 Å². The van der Waals surface area contributed by atoms with E-state index in [1.807, 2.05) is 51.1 Å². The molecule has 0 aromatic heterocycles. The Hall–Kier alpha value is -1.85. The number of hydrogen-bond acceptors (Lipinski definition) is 4. The number of benzene rings is 2. The summed E-state index contributed by atoms with van der Waals surface area (Å²) in [7, 11) is -3.43. The zero-order valence-corrected chi connectivity index (χ0v) is 15.1. The minimum absolute atomic E-state index is 0.0465. The lowest BCUT2D eigenvalue weighted by molar-refractivity contribution is 0.125. The van der Waals surface area contributed by atoms with E-state index in [-0.39, 0.29) is 18.1 Å². The fourth-order valence-corrected chi connectivity index (χ4v) is 4.46. The summed E-state index contributed by atoms with van der Waals surface area (Å²) < 4.78 is 30.2. The molecule has 24 heavy (non-hydrogen) atoms. The van der Waals surface area contributed by atoms with Crippen molar-refractivity contribution in [2.45, 2.75) is 32.6 Å². The number of aliphatic hydroxyl groups excluding tert-OH is 1. The molecule has 4 nitrogen and oxygen atoms in total. The van der Waals surface area contributed by atoms with Crippen LogP contribution in [0.25, 0.3) is 0 Å². The molecule has 1 N–H and O–H groups in total. The van der Waals surface area contributed by atoms with Crippen molar-refractivity contribution in [3.8, 4) is 5.75 Å². The highest BCUT2D eigenvalue weighted by Crippen LogP contribution is 2.20. The quantitative estimate of drug-likeness (QED) is 0.835. The predicted octanol–water partition coefficient (Wildman–Crippen LogP) is 2.97. The number of sulfone groups is 1. The van der Waals surface area contributed by atoms with Crippen LogP contribution in [-0.2, 0) is 15.6 Å². The third-order valence-corrected chi connectivity index (χ3v) is 5.46. The van der Waals surface area contributed by atoms with E-state index in [1.54, 1.807) is 12.1 Å². The van der Waals surface area contributed by atoms with Gasteiger partial charge in [-0.15, -0.1) is 0 Å². The third kappa shape index (κ3) is 5.35. The number of hydrogen-bond donors (Lipinski definition) is 1. The van der Waals surface area contributed by atoms with Gasteiger partial charge in [0.15, 0.2) is 9.84 Å². The number of para-hydroxylation sites is 1. The Morgan fingerprint density at radius 3 is 2.21 bits per heavy atom. The largest absolute Gasteiger partial charge is 0.491 e. The first kappa shape index (κ1) is 18.5. The molecule has 0 amide bonds. The van der Waals surface area contributed by atoms with Gasteiger partial charge < -0.3 is 9.84 Å². The fourth-order valence-electron chi connectivity index (χ4n) is 2.77. The van der Waals surface area contributed by atoms with E-state index >= 15 is 0 Å². The van der Waals surface area contributed by atoms with E-state index in [1.165, 1.54) is 0 Å². The van der Waals surface area contributed by atoms with Crippen molar-refractivity contribution in [1.29, 1.82) is 0 Å². The van der Waals surface area contributed by atoms with Crippen molar-refractivity contribution < 1.29 is 18.3 Å². The molecule has 1 atom stereocenters. The van der Waals surface area contributed by atoms with E-state index in [0.717, 1.165) is 22.3 Å². The lowest BCUT2D eigenvalue weighted by atomic mass is 10.0. The molecule has 0 bridgehead atoms. The Labute approximate surface area is 144 Å². The van der Waals surface area contributed by atoms with Crippen molar-refractivity contribution in [1.82, 2.24) is 0 Å². The Bertz CT molecular complexity index is 759. The maximum atomic E-state index is 12.4. The first-order valence-electron chi connectivity index (χ1n) is 7.90. The van der Waals surface area contributed by atoms with Crippen molar-refractivity contribution in [3.63, 3.8) is 0 Å². The van der Waals surface area contributed by atoms with E-state index in [0.29, 0.717) is 5.75 Å². The van der Waals surface area contributed by atoms with E-state index in [2.05, 4.69) is 0 Å². The van der Waals surface area contributed by atoms with Crippen molar-refractivity contribution >= 4 is 9.84 Å². The van der Waals surface area contributed by atoms with E-state index < -0.39 is 15.9 Å². The molecule has 2 rings (SSSR count). The second kappa shape index (κ2) is 7.81. The minimum atomic E-state index is -3.43. The Morgan fingerprint density at radius 1 is 1.04 bits per heavy atom. The maximum Gasteiger partial charge on any atom is 0.157 e. The van der Waals surface area contributed by atoms with E-state index in [9.17, 15) is 13.5 Å². The van der Waals surface area contributed by atoms with Crippen LogP contribution in [0.4, 0.5) is 0 Å². The summed E-state index contributed by atoms with van der Waals surface area (Å²) in [4.78, 5) is 0. The molecule has 0 radical (unpaired) electrons. The molecular formula is C19H24O4S. The van der Waals surface area contributed by atoms with Crippen LogP contribution >= 0.6 is 0 Å². The van der Waals surface area contributed by atoms with Crippen LogP contribution in [0.5, 0.6) is 5.75 Å². The van der Waals surface area contributed by atoms with Gasteiger partial charge in [0.25, 0.3) is 0 Å². The molecule has 0 aliphatic heterocycles. The molecule has 0 heterocycles. The van der Waals surface area contributed by atoms with Gasteiger partial charge in [0.05, 0.1) is 11.5 Å². The highest BCUT2D eigenvalue weighted by atomic mass is 32.2. The van der Waals surface area contributed by atoms with Crippen molar-refractivity contribution in [2.24, 2.45) is 0 Å². The predicted molar refractivity (Wildman–Crippen MR) is 96.1 cm³/mol. The molecule has 2 aromatic rings. The van der Waals surface area contributed by atoms with Crippen LogP contribution in [-0.4, -0.2) is 32.0 Å². The van der Waals surface area contributed by atoms with Gasteiger partial charge in [0.2, 0.25) is 0 Å². The molecule has 0 spiro atoms. The Morgan fingerprint density at radius 2 is 1.62 bits per heavy atom. The molecule has 0 aliphatic rings. The lowest BCUT2D eigenvalue weighted by Crippen LogP contribution is -2.28. The number of aliphatic hydroxyl groups is 1. The first-order valence-corrected chi connectivity index (χ1v) is 9.72. The monoisotopic (exact) mass is 348 g/mol. The molecule has 0 saturated heterocycles. The summed E-state index contributed by atoms with van der Waals surface area (Å²) in [5, 5.41) is 10.0. The van der Waals surface area contributed by atoms with Gasteiger partial charge in [-0.3, -0.25) is 0 Å². The summed E-state index contributed by atoms with van der Waals surface area (Å²) in [6, 6.07) is 13.0. The van der Waals surface area contributed by atoms with Crippen LogP contribution in [0.3, 0.4) is 0 Å². The van der Waals surface area contributed by atoms with Gasteiger partial charge in [-0.2, -0.15) is 0 Å². The third-order valence-electron chi connectivity index (χ3n) is 3.84. The SMILES string of the molecule is Cc1cc(C)c(CS(=O)(=O)CC(O)COc2ccccc2)c(C)c1. The zero-order chi connectivity index (χ0) is 17.7. The summed E-state index contributed by atoms with van der Waals surface area (Å²) in [5.74, 6) is 0.235. The Balaban J connectivity index is 1.98. The maximum absolute atomic E-state index is 12.4. The standard InChI is InChI=1S/C19H24O4S/c1-14-9-15(2)19(16(3)10-14)13-24(21,22)12-17(20)11-23-18-7-5-4-6-8-18/h4-10,17,20H,11-13H2,1-3H3. The molecule has 5 heteroatoms. The molecule has 130 valence electrons. The summed E-state index contributed by atoms with van der Waals surface area (Å²) in [6.45, 7) is 5.78. The summed E-state index contributed by atoms with van der Waals surface area (Å²) >= 11 is 0. The number of ether oxygens (including phenoxy) is 1. The highest BCUT2D eigenvalue weighted by Gasteiger charge is 2.20. The average Bonchev–Trinajstić information content (AvgIpc) is 2.49. The van der Waals surface area contributed by atoms with Crippen LogP contribution in [0.15, 0.2) is 42.5 Å². The average molecular weight is 348 g/mol. The van der Waals surface area contributed by atoms with Crippen LogP contribution in [0.1, 0.15) is 22.3 Å². The van der Waals surface area contributed by atoms with Gasteiger partial charge in [-0.05, 0) is 49.6 Å². The minimum Gasteiger partial charge on any atom is -0.491 e. The van der Waals surface area contributed by atoms with Gasteiger partial charge >= 0.3 is 0 Å².